The van der Waals surface area contributed by atoms with Crippen LogP contribution in [0.15, 0.2) is 46.7 Å². The number of hydrogen-bond acceptors (Lipinski definition) is 4. The Morgan fingerprint density at radius 3 is 2.50 bits per heavy atom. The molecular formula is C14H12ClNO2S2. The van der Waals surface area contributed by atoms with Crippen LogP contribution in [-0.2, 0) is 4.79 Å². The zero-order chi connectivity index (χ0) is 14.5. The van der Waals surface area contributed by atoms with Crippen LogP contribution in [0.1, 0.15) is 16.6 Å². The lowest BCUT2D eigenvalue weighted by molar-refractivity contribution is -0.118. The number of Topliss-reactive ketones (excluding diaryl/α,β-unsaturated/α-hetero) is 1. The van der Waals surface area contributed by atoms with Crippen molar-refractivity contribution in [2.45, 2.75) is 17.2 Å². The number of halogens is 1. The van der Waals surface area contributed by atoms with Gasteiger partial charge in [0.05, 0.1) is 4.88 Å². The second kappa shape index (κ2) is 6.92. The van der Waals surface area contributed by atoms with Crippen molar-refractivity contribution in [1.82, 2.24) is 5.32 Å². The molecule has 104 valence electrons. The highest BCUT2D eigenvalue weighted by Crippen LogP contribution is 2.26. The summed E-state index contributed by atoms with van der Waals surface area (Å²) in [6, 6.07) is 10.7. The van der Waals surface area contributed by atoms with E-state index in [-0.39, 0.29) is 11.7 Å². The molecule has 0 aliphatic carbocycles. The Morgan fingerprint density at radius 1 is 1.25 bits per heavy atom. The maximum atomic E-state index is 12.4. The van der Waals surface area contributed by atoms with E-state index in [0.717, 1.165) is 4.90 Å². The van der Waals surface area contributed by atoms with Crippen molar-refractivity contribution in [2.75, 3.05) is 0 Å². The molecule has 0 fully saturated rings. The van der Waals surface area contributed by atoms with Crippen molar-refractivity contribution >= 4 is 46.4 Å². The van der Waals surface area contributed by atoms with Gasteiger partial charge in [-0.15, -0.1) is 11.3 Å². The van der Waals surface area contributed by atoms with Crippen LogP contribution in [0, 0.1) is 0 Å². The van der Waals surface area contributed by atoms with Gasteiger partial charge in [-0.2, -0.15) is 0 Å². The van der Waals surface area contributed by atoms with Gasteiger partial charge in [-0.1, -0.05) is 29.4 Å². The molecule has 1 N–H and O–H groups in total. The Balaban J connectivity index is 2.17. The van der Waals surface area contributed by atoms with Crippen molar-refractivity contribution in [2.24, 2.45) is 0 Å². The fraction of sp³-hybridized carbons (Fsp3) is 0.143. The van der Waals surface area contributed by atoms with E-state index >= 15 is 0 Å². The molecule has 0 bridgehead atoms. The van der Waals surface area contributed by atoms with E-state index in [4.69, 9.17) is 11.6 Å². The highest BCUT2D eigenvalue weighted by atomic mass is 35.5. The fourth-order valence-electron chi connectivity index (χ4n) is 1.53. The third-order valence-electron chi connectivity index (χ3n) is 2.40. The molecule has 1 aromatic heterocycles. The highest BCUT2D eigenvalue weighted by Gasteiger charge is 2.22. The molecule has 1 amide bonds. The van der Waals surface area contributed by atoms with Crippen molar-refractivity contribution in [3.63, 3.8) is 0 Å². The van der Waals surface area contributed by atoms with Crippen LogP contribution in [0.5, 0.6) is 0 Å². The second-order valence-corrected chi connectivity index (χ2v) is 6.56. The molecule has 0 aliphatic heterocycles. The molecule has 1 unspecified atom stereocenters. The number of amides is 1. The fourth-order valence-corrected chi connectivity index (χ4v) is 3.45. The number of ketones is 1. The molecule has 1 aromatic carbocycles. The molecule has 6 heteroatoms. The van der Waals surface area contributed by atoms with E-state index in [9.17, 15) is 9.59 Å². The largest absolute Gasteiger partial charge is 0.337 e. The Hall–Kier alpha value is -1.30. The van der Waals surface area contributed by atoms with Gasteiger partial charge in [0.2, 0.25) is 11.7 Å². The first-order valence-electron chi connectivity index (χ1n) is 5.83. The Morgan fingerprint density at radius 2 is 1.95 bits per heavy atom. The smallest absolute Gasteiger partial charge is 0.218 e. The summed E-state index contributed by atoms with van der Waals surface area (Å²) in [7, 11) is 0. The number of rotatable bonds is 5. The molecule has 1 heterocycles. The Kier molecular flexibility index (Phi) is 5.23. The number of thiophene rings is 1. The Bertz CT molecular complexity index is 596. The zero-order valence-electron chi connectivity index (χ0n) is 10.6. The predicted molar refractivity (Wildman–Crippen MR) is 83.6 cm³/mol. The standard InChI is InChI=1S/C14H12ClNO2S2/c1-9(17)16-14(13(18)12-3-2-8-19-12)20-11-6-4-10(15)5-7-11/h2-8,14H,1H3,(H,16,17). The van der Waals surface area contributed by atoms with Crippen molar-refractivity contribution < 1.29 is 9.59 Å². The third-order valence-corrected chi connectivity index (χ3v) is 4.65. The molecule has 1 atom stereocenters. The third kappa shape index (κ3) is 4.10. The van der Waals surface area contributed by atoms with Gasteiger partial charge >= 0.3 is 0 Å². The average Bonchev–Trinajstić information content (AvgIpc) is 2.93. The second-order valence-electron chi connectivity index (χ2n) is 3.99. The molecule has 3 nitrogen and oxygen atoms in total. The first-order valence-corrected chi connectivity index (χ1v) is 7.97. The molecule has 0 saturated heterocycles. The average molecular weight is 326 g/mol. The van der Waals surface area contributed by atoms with Crippen LogP contribution < -0.4 is 5.32 Å². The quantitative estimate of drug-likeness (QED) is 0.516. The number of nitrogens with one attached hydrogen (secondary N) is 1. The lowest BCUT2D eigenvalue weighted by Crippen LogP contribution is -2.36. The minimum absolute atomic E-state index is 0.102. The summed E-state index contributed by atoms with van der Waals surface area (Å²) >= 11 is 8.49. The van der Waals surface area contributed by atoms with Crippen LogP contribution in [-0.4, -0.2) is 17.1 Å². The van der Waals surface area contributed by atoms with Crippen LogP contribution in [0.2, 0.25) is 5.02 Å². The molecule has 0 aliphatic rings. The molecular weight excluding hydrogens is 314 g/mol. The summed E-state index contributed by atoms with van der Waals surface area (Å²) in [6.45, 7) is 1.40. The van der Waals surface area contributed by atoms with Gasteiger partial charge in [0.1, 0.15) is 5.37 Å². The van der Waals surface area contributed by atoms with Crippen LogP contribution in [0.25, 0.3) is 0 Å². The normalized spacial score (nSPS) is 11.9. The Labute approximate surface area is 130 Å². The van der Waals surface area contributed by atoms with Gasteiger partial charge in [-0.3, -0.25) is 9.59 Å². The molecule has 2 aromatic rings. The van der Waals surface area contributed by atoms with Crippen molar-refractivity contribution in [3.05, 3.63) is 51.7 Å². The van der Waals surface area contributed by atoms with Crippen molar-refractivity contribution in [3.8, 4) is 0 Å². The first kappa shape index (κ1) is 15.1. The van der Waals surface area contributed by atoms with Gasteiger partial charge in [0.15, 0.2) is 0 Å². The number of hydrogen-bond donors (Lipinski definition) is 1. The summed E-state index contributed by atoms with van der Waals surface area (Å²) in [5.41, 5.74) is 0. The maximum Gasteiger partial charge on any atom is 0.218 e. The van der Waals surface area contributed by atoms with Crippen LogP contribution in [0.4, 0.5) is 0 Å². The number of carbonyl (C=O) groups excluding carboxylic acids is 2. The van der Waals surface area contributed by atoms with Gasteiger partial charge in [-0.05, 0) is 35.7 Å². The predicted octanol–water partition coefficient (Wildman–Crippen LogP) is 3.84. The zero-order valence-corrected chi connectivity index (χ0v) is 13.0. The number of thioether (sulfide) groups is 1. The molecule has 0 spiro atoms. The van der Waals surface area contributed by atoms with Crippen molar-refractivity contribution in [1.29, 1.82) is 0 Å². The van der Waals surface area contributed by atoms with E-state index in [1.54, 1.807) is 18.2 Å². The van der Waals surface area contributed by atoms with E-state index in [1.807, 2.05) is 23.6 Å². The number of carbonyl (C=O) groups is 2. The minimum Gasteiger partial charge on any atom is -0.337 e. The van der Waals surface area contributed by atoms with E-state index < -0.39 is 5.37 Å². The lowest BCUT2D eigenvalue weighted by atomic mass is 10.3. The van der Waals surface area contributed by atoms with Crippen LogP contribution >= 0.6 is 34.7 Å². The van der Waals surface area contributed by atoms with Gasteiger partial charge in [0, 0.05) is 16.8 Å². The summed E-state index contributed by atoms with van der Waals surface area (Å²) in [4.78, 5) is 25.1. The summed E-state index contributed by atoms with van der Waals surface area (Å²) in [6.07, 6.45) is 0. The van der Waals surface area contributed by atoms with E-state index in [2.05, 4.69) is 5.32 Å². The topological polar surface area (TPSA) is 46.2 Å². The molecule has 20 heavy (non-hydrogen) atoms. The minimum atomic E-state index is -0.632. The van der Waals surface area contributed by atoms with E-state index in [1.165, 1.54) is 30.0 Å². The highest BCUT2D eigenvalue weighted by molar-refractivity contribution is 8.00. The van der Waals surface area contributed by atoms with Gasteiger partial charge in [0.25, 0.3) is 0 Å². The number of benzene rings is 1. The molecule has 2 rings (SSSR count). The van der Waals surface area contributed by atoms with E-state index in [0.29, 0.717) is 9.90 Å². The summed E-state index contributed by atoms with van der Waals surface area (Å²) < 4.78 is 0. The maximum absolute atomic E-state index is 12.4. The summed E-state index contributed by atoms with van der Waals surface area (Å²) in [5.74, 6) is -0.337. The van der Waals surface area contributed by atoms with Crippen LogP contribution in [0.3, 0.4) is 0 Å². The first-order chi connectivity index (χ1) is 9.56. The van der Waals surface area contributed by atoms with Gasteiger partial charge < -0.3 is 5.32 Å². The lowest BCUT2D eigenvalue weighted by Gasteiger charge is -2.15. The SMILES string of the molecule is CC(=O)NC(Sc1ccc(Cl)cc1)C(=O)c1cccs1. The molecule has 0 radical (unpaired) electrons. The van der Waals surface area contributed by atoms with Gasteiger partial charge in [-0.25, -0.2) is 0 Å². The monoisotopic (exact) mass is 325 g/mol. The molecule has 0 saturated carbocycles. The summed E-state index contributed by atoms with van der Waals surface area (Å²) in [5, 5.41) is 4.52.